The normalized spacial score (nSPS) is 20.5. The molecule has 4 N–H and O–H groups in total. The van der Waals surface area contributed by atoms with E-state index >= 15 is 0 Å². The van der Waals surface area contributed by atoms with Crippen molar-refractivity contribution in [2.75, 3.05) is 51.8 Å². The van der Waals surface area contributed by atoms with Crippen molar-refractivity contribution in [3.05, 3.63) is 77.0 Å². The second-order valence-electron chi connectivity index (χ2n) is 12.9. The molecule has 2 fully saturated rings. The molecule has 12 heteroatoms. The van der Waals surface area contributed by atoms with Crippen LogP contribution in [0.5, 0.6) is 11.5 Å². The number of nitrogens with one attached hydrogen (secondary N) is 2. The van der Waals surface area contributed by atoms with E-state index in [0.717, 1.165) is 11.1 Å². The second-order valence-corrected chi connectivity index (χ2v) is 12.9. The smallest absolute Gasteiger partial charge is 0.410 e. The summed E-state index contributed by atoms with van der Waals surface area (Å²) in [4.78, 5) is 42.2. The Morgan fingerprint density at radius 2 is 1.74 bits per heavy atom. The molecule has 3 aliphatic rings. The Morgan fingerprint density at radius 3 is 2.40 bits per heavy atom. The molecule has 2 aromatic rings. The minimum atomic E-state index is -0.865. The van der Waals surface area contributed by atoms with Gasteiger partial charge < -0.3 is 40.2 Å². The van der Waals surface area contributed by atoms with Gasteiger partial charge in [0.2, 0.25) is 5.91 Å². The first kappa shape index (κ1) is 33.8. The Morgan fingerprint density at radius 1 is 1.02 bits per heavy atom. The van der Waals surface area contributed by atoms with Crippen LogP contribution in [-0.4, -0.2) is 85.9 Å². The molecule has 1 atom stereocenters. The maximum Gasteiger partial charge on any atom is 0.410 e. The molecule has 3 amide bonds. The van der Waals surface area contributed by atoms with Crippen LogP contribution in [0.2, 0.25) is 0 Å². The quantitative estimate of drug-likeness (QED) is 0.387. The third kappa shape index (κ3) is 7.88. The minimum Gasteiger partial charge on any atom is -0.493 e. The average molecular weight is 648 g/mol. The molecule has 47 heavy (non-hydrogen) atoms. The van der Waals surface area contributed by atoms with E-state index in [1.165, 1.54) is 0 Å². The first-order valence-electron chi connectivity index (χ1n) is 15.9. The van der Waals surface area contributed by atoms with Gasteiger partial charge in [0.05, 0.1) is 20.3 Å². The maximum absolute atomic E-state index is 13.7. The first-order chi connectivity index (χ1) is 22.4. The number of methoxy groups -OCH3 is 1. The summed E-state index contributed by atoms with van der Waals surface area (Å²) in [6, 6.07) is 10.9. The van der Waals surface area contributed by atoms with Crippen LogP contribution in [0.1, 0.15) is 55.1 Å². The van der Waals surface area contributed by atoms with E-state index in [1.807, 2.05) is 52.0 Å². The number of nitrogens with zero attached hydrogens (tertiary/aromatic N) is 2. The van der Waals surface area contributed by atoms with Crippen molar-refractivity contribution in [3.63, 3.8) is 0 Å². The molecule has 0 aliphatic carbocycles. The van der Waals surface area contributed by atoms with Crippen molar-refractivity contribution in [2.24, 2.45) is 5.73 Å². The zero-order chi connectivity index (χ0) is 33.8. The standard InChI is InChI=1S/C35H45N5O7/c1-23-6-8-26(35(40-16-18-45-19-17-40)22-25(31(36)41)10-13-37-35)21-28(23)38-32(42)24-7-9-29(44-5)30(20-24)46-27-11-14-39(15-12-27)33(43)47-34(2,3)4/h6-10,13,20-22,27,37H,11-12,14-19H2,1-5H3,(H2,36,41)(H,38,42). The van der Waals surface area contributed by atoms with Crippen molar-refractivity contribution in [1.82, 2.24) is 15.1 Å². The molecule has 0 saturated carbocycles. The Bertz CT molecular complexity index is 1550. The molecule has 1 unspecified atom stereocenters. The highest BCUT2D eigenvalue weighted by molar-refractivity contribution is 6.05. The molecule has 3 heterocycles. The molecule has 0 bridgehead atoms. The summed E-state index contributed by atoms with van der Waals surface area (Å²) in [7, 11) is 1.55. The topological polar surface area (TPSA) is 145 Å². The van der Waals surface area contributed by atoms with E-state index in [2.05, 4.69) is 15.5 Å². The summed E-state index contributed by atoms with van der Waals surface area (Å²) in [5.74, 6) is 0.125. The number of amides is 3. The number of carbonyl (C=O) groups excluding carboxylic acids is 3. The van der Waals surface area contributed by atoms with Gasteiger partial charge in [0.1, 0.15) is 17.4 Å². The number of piperidine rings is 1. The Kier molecular flexibility index (Phi) is 10.1. The lowest BCUT2D eigenvalue weighted by Crippen LogP contribution is -2.58. The molecule has 3 aliphatic heterocycles. The monoisotopic (exact) mass is 647 g/mol. The summed E-state index contributed by atoms with van der Waals surface area (Å²) < 4.78 is 23.0. The fourth-order valence-corrected chi connectivity index (χ4v) is 5.93. The maximum atomic E-state index is 13.7. The second kappa shape index (κ2) is 14.1. The number of ether oxygens (including phenoxy) is 4. The fourth-order valence-electron chi connectivity index (χ4n) is 5.93. The summed E-state index contributed by atoms with van der Waals surface area (Å²) in [5, 5.41) is 6.52. The van der Waals surface area contributed by atoms with Crippen molar-refractivity contribution in [1.29, 1.82) is 0 Å². The highest BCUT2D eigenvalue weighted by atomic mass is 16.6. The van der Waals surface area contributed by atoms with Gasteiger partial charge in [0, 0.05) is 55.8 Å². The minimum absolute atomic E-state index is 0.161. The number of anilines is 1. The van der Waals surface area contributed by atoms with Crippen LogP contribution in [0.25, 0.3) is 0 Å². The summed E-state index contributed by atoms with van der Waals surface area (Å²) >= 11 is 0. The van der Waals surface area contributed by atoms with Crippen LogP contribution in [0.4, 0.5) is 10.5 Å². The number of hydrogen-bond acceptors (Lipinski definition) is 9. The van der Waals surface area contributed by atoms with Crippen molar-refractivity contribution < 1.29 is 33.3 Å². The average Bonchev–Trinajstić information content (AvgIpc) is 3.05. The van der Waals surface area contributed by atoms with Crippen LogP contribution < -0.4 is 25.8 Å². The van der Waals surface area contributed by atoms with Gasteiger partial charge in [-0.15, -0.1) is 0 Å². The SMILES string of the molecule is COc1ccc(C(=O)Nc2cc(C3(N4CCOCC4)C=C(C(N)=O)C=CN3)ccc2C)cc1OC1CCN(C(=O)OC(C)(C)C)CC1. The fraction of sp³-hybridized carbons (Fsp3) is 0.457. The summed E-state index contributed by atoms with van der Waals surface area (Å²) in [6.45, 7) is 10.8. The Labute approximate surface area is 275 Å². The van der Waals surface area contributed by atoms with Crippen LogP contribution in [0, 0.1) is 6.92 Å². The number of hydrogen-bond donors (Lipinski definition) is 3. The van der Waals surface area contributed by atoms with Gasteiger partial charge in [-0.25, -0.2) is 4.79 Å². The number of likely N-dealkylation sites (tertiary alicyclic amines) is 1. The predicted molar refractivity (Wildman–Crippen MR) is 177 cm³/mol. The van der Waals surface area contributed by atoms with Crippen molar-refractivity contribution >= 4 is 23.6 Å². The van der Waals surface area contributed by atoms with E-state index < -0.39 is 17.2 Å². The Balaban J connectivity index is 1.34. The molecule has 252 valence electrons. The molecule has 5 rings (SSSR count). The largest absolute Gasteiger partial charge is 0.493 e. The Hall–Kier alpha value is -4.55. The van der Waals surface area contributed by atoms with E-state index in [-0.39, 0.29) is 18.1 Å². The summed E-state index contributed by atoms with van der Waals surface area (Å²) in [6.07, 6.45) is 5.96. The number of carbonyl (C=O) groups is 3. The lowest BCUT2D eigenvalue weighted by molar-refractivity contribution is -0.114. The van der Waals surface area contributed by atoms with E-state index in [9.17, 15) is 14.4 Å². The van der Waals surface area contributed by atoms with E-state index in [1.54, 1.807) is 42.5 Å². The lowest BCUT2D eigenvalue weighted by atomic mass is 9.90. The van der Waals surface area contributed by atoms with E-state index in [0.29, 0.717) is 80.6 Å². The number of aryl methyl sites for hydroxylation is 1. The van der Waals surface area contributed by atoms with Gasteiger partial charge in [0.15, 0.2) is 11.5 Å². The van der Waals surface area contributed by atoms with Gasteiger partial charge in [0.25, 0.3) is 5.91 Å². The molecule has 12 nitrogen and oxygen atoms in total. The van der Waals surface area contributed by atoms with Crippen LogP contribution in [-0.2, 0) is 19.9 Å². The highest BCUT2D eigenvalue weighted by Crippen LogP contribution is 2.35. The zero-order valence-electron chi connectivity index (χ0n) is 27.8. The highest BCUT2D eigenvalue weighted by Gasteiger charge is 2.39. The number of benzene rings is 2. The third-order valence-corrected chi connectivity index (χ3v) is 8.46. The number of morpholine rings is 1. The van der Waals surface area contributed by atoms with Gasteiger partial charge in [-0.05, 0) is 81.4 Å². The lowest BCUT2D eigenvalue weighted by Gasteiger charge is -2.46. The molecule has 0 aromatic heterocycles. The number of primary amides is 1. The first-order valence-corrected chi connectivity index (χ1v) is 15.9. The van der Waals surface area contributed by atoms with E-state index in [4.69, 9.17) is 24.7 Å². The van der Waals surface area contributed by atoms with Crippen LogP contribution >= 0.6 is 0 Å². The third-order valence-electron chi connectivity index (χ3n) is 8.46. The van der Waals surface area contributed by atoms with Crippen molar-refractivity contribution in [3.8, 4) is 11.5 Å². The molecule has 2 aromatic carbocycles. The predicted octanol–water partition coefficient (Wildman–Crippen LogP) is 4.05. The van der Waals surface area contributed by atoms with Gasteiger partial charge in [-0.2, -0.15) is 0 Å². The molecular formula is C35H45N5O7. The number of dihydropyridines is 1. The van der Waals surface area contributed by atoms with Crippen LogP contribution in [0.3, 0.4) is 0 Å². The number of rotatable bonds is 8. The van der Waals surface area contributed by atoms with Crippen molar-refractivity contribution in [2.45, 2.75) is 57.9 Å². The molecular weight excluding hydrogens is 602 g/mol. The molecule has 2 saturated heterocycles. The van der Waals surface area contributed by atoms with Crippen LogP contribution in [0.15, 0.2) is 60.3 Å². The van der Waals surface area contributed by atoms with Gasteiger partial charge in [-0.1, -0.05) is 12.1 Å². The molecule has 0 radical (unpaired) electrons. The van der Waals surface area contributed by atoms with Gasteiger partial charge in [-0.3, -0.25) is 14.5 Å². The number of nitrogens with two attached hydrogens (primary N) is 1. The zero-order valence-corrected chi connectivity index (χ0v) is 27.8. The summed E-state index contributed by atoms with van der Waals surface area (Å²) in [5.41, 5.74) is 7.37. The molecule has 0 spiro atoms. The van der Waals surface area contributed by atoms with Gasteiger partial charge >= 0.3 is 6.09 Å².